The number of halogens is 3. The van der Waals surface area contributed by atoms with Crippen LogP contribution in [0.5, 0.6) is 11.5 Å². The monoisotopic (exact) mass is 762 g/mol. The Morgan fingerprint density at radius 1 is 0.982 bits per heavy atom. The van der Waals surface area contributed by atoms with Gasteiger partial charge in [0.2, 0.25) is 0 Å². The molecule has 0 bridgehead atoms. The standard InChI is InChI=1S/C41H45F3N4O7/c1-24-26(11-12-27-16-37(54-3)28(15-34(27)41(42,43)44)19-45-21-31(50)17-39(51)52)7-5-8-32(24)33-9-6-10-35(25(33)2)47-40(53)36-18-38(55-4)29(20-46-36)22-48-14-13-30(49)23-48/h5-12,15-16,18,20,30-31,45,49-50H,13-14,17,19,21-23H2,1-4H3,(H,47,53)(H,51,52)/b12-11+/t30-,31+/m1/s1. The number of rotatable bonds is 15. The normalized spacial score (nSPS) is 15.3. The maximum Gasteiger partial charge on any atom is 0.417 e. The number of ether oxygens (including phenoxy) is 2. The van der Waals surface area contributed by atoms with Crippen molar-refractivity contribution in [3.63, 3.8) is 0 Å². The van der Waals surface area contributed by atoms with Crippen LogP contribution in [0.4, 0.5) is 18.9 Å². The fraction of sp³-hybridized carbons (Fsp3) is 0.341. The number of hydrogen-bond acceptors (Lipinski definition) is 9. The lowest BCUT2D eigenvalue weighted by Gasteiger charge is -2.18. The Kier molecular flexibility index (Phi) is 13.3. The van der Waals surface area contributed by atoms with Crippen molar-refractivity contribution in [3.8, 4) is 22.6 Å². The Hall–Kier alpha value is -5.28. The van der Waals surface area contributed by atoms with Gasteiger partial charge in [0.25, 0.3) is 5.91 Å². The quantitative estimate of drug-likeness (QED) is 0.0871. The molecule has 2 atom stereocenters. The zero-order valence-electron chi connectivity index (χ0n) is 31.0. The maximum absolute atomic E-state index is 14.3. The minimum atomic E-state index is -4.69. The van der Waals surface area contributed by atoms with E-state index in [1.54, 1.807) is 30.5 Å². The number of β-amino-alcohol motifs (C(OH)–C–C–N with tert-alkyl or cyclic N) is 1. The van der Waals surface area contributed by atoms with E-state index in [0.717, 1.165) is 40.4 Å². The summed E-state index contributed by atoms with van der Waals surface area (Å²) in [6, 6.07) is 14.9. The molecule has 1 saturated heterocycles. The first kappa shape index (κ1) is 40.9. The van der Waals surface area contributed by atoms with Crippen LogP contribution in [0.1, 0.15) is 62.3 Å². The summed E-state index contributed by atoms with van der Waals surface area (Å²) in [5.74, 6) is -0.902. The number of alkyl halides is 3. The van der Waals surface area contributed by atoms with Gasteiger partial charge in [-0.2, -0.15) is 13.2 Å². The van der Waals surface area contributed by atoms with Crippen LogP contribution >= 0.6 is 0 Å². The van der Waals surface area contributed by atoms with E-state index in [9.17, 15) is 33.0 Å². The van der Waals surface area contributed by atoms with Gasteiger partial charge in [0.1, 0.15) is 17.2 Å². The Morgan fingerprint density at radius 3 is 2.31 bits per heavy atom. The average Bonchev–Trinajstić information content (AvgIpc) is 3.55. The lowest BCUT2D eigenvalue weighted by molar-refractivity contribution is -0.139. The molecule has 1 aromatic heterocycles. The van der Waals surface area contributed by atoms with E-state index in [-0.39, 0.29) is 41.8 Å². The van der Waals surface area contributed by atoms with Crippen LogP contribution in [-0.4, -0.2) is 83.1 Å². The first-order chi connectivity index (χ1) is 26.2. The highest BCUT2D eigenvalue weighted by atomic mass is 19.4. The third-order valence-corrected chi connectivity index (χ3v) is 9.59. The number of likely N-dealkylation sites (tertiary alicyclic amines) is 1. The molecule has 0 saturated carbocycles. The number of aromatic nitrogens is 1. The number of nitrogens with one attached hydrogen (secondary N) is 2. The Balaban J connectivity index is 1.36. The van der Waals surface area contributed by atoms with Gasteiger partial charge in [-0.05, 0) is 71.8 Å². The molecule has 11 nitrogen and oxygen atoms in total. The molecule has 0 unspecified atom stereocenters. The zero-order valence-corrected chi connectivity index (χ0v) is 31.0. The van der Waals surface area contributed by atoms with Crippen molar-refractivity contribution >= 4 is 29.7 Å². The van der Waals surface area contributed by atoms with E-state index in [2.05, 4.69) is 20.5 Å². The van der Waals surface area contributed by atoms with E-state index in [1.807, 2.05) is 38.1 Å². The predicted molar refractivity (Wildman–Crippen MR) is 203 cm³/mol. The summed E-state index contributed by atoms with van der Waals surface area (Å²) in [6.07, 6.45) is -1.44. The second-order valence-corrected chi connectivity index (χ2v) is 13.5. The number of carboxylic acids is 1. The van der Waals surface area contributed by atoms with Crippen molar-refractivity contribution in [2.75, 3.05) is 39.2 Å². The zero-order chi connectivity index (χ0) is 39.9. The van der Waals surface area contributed by atoms with E-state index < -0.39 is 36.1 Å². The molecule has 1 fully saturated rings. The minimum absolute atomic E-state index is 0.0881. The molecular formula is C41H45F3N4O7. The molecule has 14 heteroatoms. The summed E-state index contributed by atoms with van der Waals surface area (Å²) in [5, 5.41) is 34.3. The number of aliphatic hydroxyl groups is 2. The smallest absolute Gasteiger partial charge is 0.417 e. The van der Waals surface area contributed by atoms with Gasteiger partial charge in [-0.3, -0.25) is 19.5 Å². The molecule has 5 rings (SSSR count). The van der Waals surface area contributed by atoms with E-state index in [0.29, 0.717) is 36.5 Å². The van der Waals surface area contributed by atoms with Gasteiger partial charge >= 0.3 is 12.1 Å². The lowest BCUT2D eigenvalue weighted by Crippen LogP contribution is -2.28. The van der Waals surface area contributed by atoms with Gasteiger partial charge in [0, 0.05) is 61.8 Å². The Labute approximate surface area is 317 Å². The van der Waals surface area contributed by atoms with Crippen molar-refractivity contribution in [3.05, 3.63) is 105 Å². The summed E-state index contributed by atoms with van der Waals surface area (Å²) < 4.78 is 53.9. The van der Waals surface area contributed by atoms with Gasteiger partial charge in [0.15, 0.2) is 0 Å². The van der Waals surface area contributed by atoms with Gasteiger partial charge in [-0.1, -0.05) is 42.5 Å². The van der Waals surface area contributed by atoms with Gasteiger partial charge in [0.05, 0.1) is 38.4 Å². The number of anilines is 1. The fourth-order valence-electron chi connectivity index (χ4n) is 6.65. The van der Waals surface area contributed by atoms with Crippen molar-refractivity contribution < 1.29 is 47.6 Å². The summed E-state index contributed by atoms with van der Waals surface area (Å²) in [5.41, 5.74) is 4.65. The average molecular weight is 763 g/mol. The number of hydrogen-bond donors (Lipinski definition) is 5. The summed E-state index contributed by atoms with van der Waals surface area (Å²) in [6.45, 7) is 5.39. The highest BCUT2D eigenvalue weighted by Gasteiger charge is 2.34. The number of aliphatic carboxylic acids is 1. The highest BCUT2D eigenvalue weighted by Crippen LogP contribution is 2.38. The van der Waals surface area contributed by atoms with Crippen LogP contribution in [0.2, 0.25) is 0 Å². The van der Waals surface area contributed by atoms with E-state index in [1.165, 1.54) is 26.4 Å². The van der Waals surface area contributed by atoms with Crippen molar-refractivity contribution in [1.29, 1.82) is 0 Å². The molecule has 1 aliphatic rings. The molecule has 4 aromatic rings. The van der Waals surface area contributed by atoms with Crippen molar-refractivity contribution in [1.82, 2.24) is 15.2 Å². The first-order valence-corrected chi connectivity index (χ1v) is 17.7. The number of nitrogens with zero attached hydrogens (tertiary/aromatic N) is 2. The molecule has 3 aromatic carbocycles. The van der Waals surface area contributed by atoms with Gasteiger partial charge in [-0.15, -0.1) is 0 Å². The molecule has 0 spiro atoms. The Bertz CT molecular complexity index is 2050. The summed E-state index contributed by atoms with van der Waals surface area (Å²) in [7, 11) is 2.88. The maximum atomic E-state index is 14.3. The Morgan fingerprint density at radius 2 is 1.65 bits per heavy atom. The fourth-order valence-corrected chi connectivity index (χ4v) is 6.65. The largest absolute Gasteiger partial charge is 0.496 e. The second kappa shape index (κ2) is 17.9. The number of benzene rings is 3. The second-order valence-electron chi connectivity index (χ2n) is 13.5. The SMILES string of the molecule is COc1cc(/C=C/c2cccc(-c3cccc(NC(=O)c4cc(OC)c(CN5CC[C@@H](O)C5)cn4)c3C)c2C)c(C(F)(F)F)cc1CNC[C@@H](O)CC(=O)O. The van der Waals surface area contributed by atoms with E-state index >= 15 is 0 Å². The number of aliphatic hydroxyl groups excluding tert-OH is 2. The van der Waals surface area contributed by atoms with Crippen molar-refractivity contribution in [2.45, 2.75) is 58.2 Å². The van der Waals surface area contributed by atoms with Crippen LogP contribution in [0.15, 0.2) is 60.8 Å². The number of pyridine rings is 1. The number of carboxylic acid groups (broad SMARTS) is 1. The van der Waals surface area contributed by atoms with Crippen molar-refractivity contribution in [2.24, 2.45) is 0 Å². The van der Waals surface area contributed by atoms with Crippen LogP contribution < -0.4 is 20.1 Å². The van der Waals surface area contributed by atoms with Crippen LogP contribution in [0.3, 0.4) is 0 Å². The molecular weight excluding hydrogens is 717 g/mol. The first-order valence-electron chi connectivity index (χ1n) is 17.7. The highest BCUT2D eigenvalue weighted by molar-refractivity contribution is 6.04. The third kappa shape index (κ3) is 10.3. The molecule has 292 valence electrons. The van der Waals surface area contributed by atoms with Crippen LogP contribution in [-0.2, 0) is 24.1 Å². The third-order valence-electron chi connectivity index (χ3n) is 9.59. The molecule has 1 amide bonds. The number of amides is 1. The molecule has 1 aliphatic heterocycles. The van der Waals surface area contributed by atoms with Crippen LogP contribution in [0.25, 0.3) is 23.3 Å². The number of carbonyl (C=O) groups excluding carboxylic acids is 1. The molecule has 55 heavy (non-hydrogen) atoms. The number of carbonyl (C=O) groups is 2. The molecule has 5 N–H and O–H groups in total. The molecule has 0 radical (unpaired) electrons. The molecule has 2 heterocycles. The lowest BCUT2D eigenvalue weighted by atomic mass is 9.92. The summed E-state index contributed by atoms with van der Waals surface area (Å²) in [4.78, 5) is 30.7. The molecule has 0 aliphatic carbocycles. The summed E-state index contributed by atoms with van der Waals surface area (Å²) >= 11 is 0. The van der Waals surface area contributed by atoms with E-state index in [4.69, 9.17) is 14.6 Å². The van der Waals surface area contributed by atoms with Gasteiger partial charge in [-0.25, -0.2) is 0 Å². The minimum Gasteiger partial charge on any atom is -0.496 e. The van der Waals surface area contributed by atoms with Gasteiger partial charge < -0.3 is 35.4 Å². The number of methoxy groups -OCH3 is 2. The predicted octanol–water partition coefficient (Wildman–Crippen LogP) is 6.32. The topological polar surface area (TPSA) is 153 Å². The van der Waals surface area contributed by atoms with Crippen LogP contribution in [0, 0.1) is 13.8 Å².